The third-order valence-electron chi connectivity index (χ3n) is 1.80. The van der Waals surface area contributed by atoms with E-state index in [0.717, 1.165) is 12.5 Å². The molecule has 0 aliphatic carbocycles. The Kier molecular flexibility index (Phi) is 7.38. The van der Waals surface area contributed by atoms with Gasteiger partial charge in [0, 0.05) is 6.92 Å². The minimum Gasteiger partial charge on any atom is -0.481 e. The molecule has 94 valence electrons. The number of methoxy groups -OCH3 is 1. The van der Waals surface area contributed by atoms with Gasteiger partial charge >= 0.3 is 5.97 Å². The van der Waals surface area contributed by atoms with Crippen molar-refractivity contribution in [3.05, 3.63) is 35.9 Å². The quantitative estimate of drug-likeness (QED) is 0.762. The van der Waals surface area contributed by atoms with Crippen molar-refractivity contribution in [3.63, 3.8) is 0 Å². The molecule has 0 fully saturated rings. The van der Waals surface area contributed by atoms with Gasteiger partial charge in [0.2, 0.25) is 0 Å². The third kappa shape index (κ3) is 7.98. The number of carbonyl (C=O) groups is 2. The van der Waals surface area contributed by atoms with Crippen LogP contribution in [0.2, 0.25) is 0 Å². The molecule has 1 aromatic rings. The summed E-state index contributed by atoms with van der Waals surface area (Å²) in [4.78, 5) is 20.0. The van der Waals surface area contributed by atoms with Crippen molar-refractivity contribution in [2.45, 2.75) is 19.4 Å². The molecule has 17 heavy (non-hydrogen) atoms. The molecule has 0 saturated carbocycles. The van der Waals surface area contributed by atoms with E-state index in [1.165, 1.54) is 7.11 Å². The predicted octanol–water partition coefficient (Wildman–Crippen LogP) is 0.820. The van der Waals surface area contributed by atoms with Crippen molar-refractivity contribution in [3.8, 4) is 0 Å². The Labute approximate surface area is 100 Å². The number of rotatable bonds is 3. The zero-order valence-electron chi connectivity index (χ0n) is 9.92. The lowest BCUT2D eigenvalue weighted by Crippen LogP contribution is -2.33. The number of hydrogen-bond donors (Lipinski definition) is 2. The molecule has 0 aliphatic heterocycles. The molecule has 3 N–H and O–H groups in total. The Hall–Kier alpha value is -1.88. The minimum atomic E-state index is -0.833. The maximum absolute atomic E-state index is 11.0. The van der Waals surface area contributed by atoms with E-state index in [0.29, 0.717) is 6.42 Å². The molecule has 5 nitrogen and oxygen atoms in total. The second-order valence-corrected chi connectivity index (χ2v) is 3.34. The van der Waals surface area contributed by atoms with Crippen LogP contribution in [0.3, 0.4) is 0 Å². The maximum atomic E-state index is 11.0. The van der Waals surface area contributed by atoms with Crippen molar-refractivity contribution in [1.82, 2.24) is 0 Å². The highest BCUT2D eigenvalue weighted by atomic mass is 16.5. The number of benzene rings is 1. The molecule has 0 radical (unpaired) electrons. The van der Waals surface area contributed by atoms with Crippen LogP contribution in [0.25, 0.3) is 0 Å². The summed E-state index contributed by atoms with van der Waals surface area (Å²) in [5.74, 6) is -1.20. The molecule has 0 aliphatic rings. The lowest BCUT2D eigenvalue weighted by atomic mass is 10.1. The largest absolute Gasteiger partial charge is 0.481 e. The fraction of sp³-hybridized carbons (Fsp3) is 0.333. The molecule has 1 rings (SSSR count). The fourth-order valence-electron chi connectivity index (χ4n) is 1.10. The molecule has 5 heteroatoms. The second kappa shape index (κ2) is 8.29. The molecule has 0 bridgehead atoms. The van der Waals surface area contributed by atoms with Crippen molar-refractivity contribution < 1.29 is 19.4 Å². The number of aliphatic carboxylic acids is 1. The van der Waals surface area contributed by atoms with E-state index in [-0.39, 0.29) is 5.97 Å². The van der Waals surface area contributed by atoms with Crippen LogP contribution in [0.1, 0.15) is 12.5 Å². The molecule has 1 aromatic carbocycles. The highest BCUT2D eigenvalue weighted by Crippen LogP contribution is 2.02. The normalized spacial score (nSPS) is 10.8. The summed E-state index contributed by atoms with van der Waals surface area (Å²) in [6.45, 7) is 1.08. The maximum Gasteiger partial charge on any atom is 0.322 e. The Morgan fingerprint density at radius 2 is 1.82 bits per heavy atom. The minimum absolute atomic E-state index is 0.371. The topological polar surface area (TPSA) is 89.6 Å². The summed E-state index contributed by atoms with van der Waals surface area (Å²) >= 11 is 0. The summed E-state index contributed by atoms with van der Waals surface area (Å²) in [7, 11) is 1.34. The van der Waals surface area contributed by atoms with Gasteiger partial charge in [-0.15, -0.1) is 0 Å². The standard InChI is InChI=1S/C10H13NO2.C2H4O2/c1-13-10(12)9(11)7-8-5-3-2-4-6-8;1-2(3)4/h2-6,9H,7,11H2,1H3;1H3,(H,3,4). The molecular weight excluding hydrogens is 222 g/mol. The molecule has 0 saturated heterocycles. The summed E-state index contributed by atoms with van der Waals surface area (Å²) in [6, 6.07) is 9.06. The van der Waals surface area contributed by atoms with Gasteiger partial charge in [0.25, 0.3) is 5.97 Å². The van der Waals surface area contributed by atoms with E-state index in [2.05, 4.69) is 4.74 Å². The first-order valence-corrected chi connectivity index (χ1v) is 5.04. The van der Waals surface area contributed by atoms with Gasteiger partial charge in [-0.05, 0) is 12.0 Å². The van der Waals surface area contributed by atoms with Crippen LogP contribution in [0.15, 0.2) is 30.3 Å². The monoisotopic (exact) mass is 239 g/mol. The van der Waals surface area contributed by atoms with Gasteiger partial charge in [0.1, 0.15) is 6.04 Å². The Bertz CT molecular complexity index is 347. The van der Waals surface area contributed by atoms with Crippen LogP contribution >= 0.6 is 0 Å². The summed E-state index contributed by atoms with van der Waals surface area (Å²) in [6.07, 6.45) is 0.521. The number of hydrogen-bond acceptors (Lipinski definition) is 4. The van der Waals surface area contributed by atoms with Crippen LogP contribution < -0.4 is 5.73 Å². The van der Waals surface area contributed by atoms with Crippen LogP contribution in [0.5, 0.6) is 0 Å². The number of carboxylic acids is 1. The lowest BCUT2D eigenvalue weighted by molar-refractivity contribution is -0.142. The number of esters is 1. The van der Waals surface area contributed by atoms with Gasteiger partial charge < -0.3 is 15.6 Å². The second-order valence-electron chi connectivity index (χ2n) is 3.34. The van der Waals surface area contributed by atoms with E-state index >= 15 is 0 Å². The van der Waals surface area contributed by atoms with Gasteiger partial charge in [0.15, 0.2) is 0 Å². The van der Waals surface area contributed by atoms with Crippen molar-refractivity contribution in [2.75, 3.05) is 7.11 Å². The van der Waals surface area contributed by atoms with Crippen molar-refractivity contribution >= 4 is 11.9 Å². The molecule has 0 heterocycles. The molecule has 0 amide bonds. The van der Waals surface area contributed by atoms with Crippen LogP contribution in [0, 0.1) is 0 Å². The highest BCUT2D eigenvalue weighted by Gasteiger charge is 2.13. The smallest absolute Gasteiger partial charge is 0.322 e. The van der Waals surface area contributed by atoms with Gasteiger partial charge in [-0.2, -0.15) is 0 Å². The Balaban J connectivity index is 0.000000557. The SMILES string of the molecule is CC(=O)O.COC(=O)C(N)Cc1ccccc1. The van der Waals surface area contributed by atoms with E-state index in [4.69, 9.17) is 15.6 Å². The zero-order valence-corrected chi connectivity index (χ0v) is 9.92. The van der Waals surface area contributed by atoms with E-state index in [1.54, 1.807) is 0 Å². The van der Waals surface area contributed by atoms with Crippen LogP contribution in [-0.2, 0) is 20.7 Å². The van der Waals surface area contributed by atoms with Gasteiger partial charge in [-0.25, -0.2) is 0 Å². The molecule has 1 unspecified atom stereocenters. The average Bonchev–Trinajstić information content (AvgIpc) is 2.28. The van der Waals surface area contributed by atoms with Crippen molar-refractivity contribution in [2.24, 2.45) is 5.73 Å². The summed E-state index contributed by atoms with van der Waals surface area (Å²) in [5, 5.41) is 7.42. The van der Waals surface area contributed by atoms with E-state index in [9.17, 15) is 4.79 Å². The summed E-state index contributed by atoms with van der Waals surface area (Å²) in [5.41, 5.74) is 6.63. The van der Waals surface area contributed by atoms with Gasteiger partial charge in [-0.3, -0.25) is 9.59 Å². The highest BCUT2D eigenvalue weighted by molar-refractivity contribution is 5.75. The average molecular weight is 239 g/mol. The third-order valence-corrected chi connectivity index (χ3v) is 1.80. The van der Waals surface area contributed by atoms with Crippen LogP contribution in [0.4, 0.5) is 0 Å². The van der Waals surface area contributed by atoms with Crippen molar-refractivity contribution in [1.29, 1.82) is 0 Å². The molecule has 0 spiro atoms. The fourth-order valence-corrected chi connectivity index (χ4v) is 1.10. The number of carbonyl (C=O) groups excluding carboxylic acids is 1. The molecule has 0 aromatic heterocycles. The number of ether oxygens (including phenoxy) is 1. The first-order chi connectivity index (χ1) is 7.97. The van der Waals surface area contributed by atoms with Gasteiger partial charge in [0.05, 0.1) is 7.11 Å². The van der Waals surface area contributed by atoms with Crippen LogP contribution in [-0.4, -0.2) is 30.2 Å². The Morgan fingerprint density at radius 3 is 2.24 bits per heavy atom. The Morgan fingerprint density at radius 1 is 1.35 bits per heavy atom. The first-order valence-electron chi connectivity index (χ1n) is 5.04. The number of carboxylic acid groups (broad SMARTS) is 1. The first kappa shape index (κ1) is 15.1. The molecule has 1 atom stereocenters. The zero-order chi connectivity index (χ0) is 13.3. The van der Waals surface area contributed by atoms with E-state index in [1.807, 2.05) is 30.3 Å². The summed E-state index contributed by atoms with van der Waals surface area (Å²) < 4.78 is 4.52. The lowest BCUT2D eigenvalue weighted by Gasteiger charge is -2.08. The van der Waals surface area contributed by atoms with Gasteiger partial charge in [-0.1, -0.05) is 30.3 Å². The predicted molar refractivity (Wildman–Crippen MR) is 63.4 cm³/mol. The molecular formula is C12H17NO4. The van der Waals surface area contributed by atoms with E-state index < -0.39 is 12.0 Å². The number of nitrogens with two attached hydrogens (primary N) is 1.